The number of nitrogens with one attached hydrogen (secondary N) is 1. The predicted molar refractivity (Wildman–Crippen MR) is 92.1 cm³/mol. The van der Waals surface area contributed by atoms with Crippen LogP contribution in [0.15, 0.2) is 39.8 Å². The van der Waals surface area contributed by atoms with Gasteiger partial charge >= 0.3 is 0 Å². The SMILES string of the molecule is CCOc1ccc(S(=O)(=O)NCCCn2cc(Br)c(C)n2)cc1. The largest absolute Gasteiger partial charge is 0.494 e. The minimum Gasteiger partial charge on any atom is -0.494 e. The number of aromatic nitrogens is 2. The zero-order valence-electron chi connectivity index (χ0n) is 13.1. The van der Waals surface area contributed by atoms with Gasteiger partial charge in [0.15, 0.2) is 0 Å². The number of hydrogen-bond acceptors (Lipinski definition) is 4. The van der Waals surface area contributed by atoms with Gasteiger partial charge in [-0.1, -0.05) is 0 Å². The molecule has 0 amide bonds. The van der Waals surface area contributed by atoms with Gasteiger partial charge in [-0.15, -0.1) is 0 Å². The third kappa shape index (κ3) is 5.05. The van der Waals surface area contributed by atoms with E-state index in [1.165, 1.54) is 0 Å². The molecule has 0 aliphatic carbocycles. The van der Waals surface area contributed by atoms with Crippen molar-refractivity contribution in [3.8, 4) is 5.75 Å². The summed E-state index contributed by atoms with van der Waals surface area (Å²) in [4.78, 5) is 0.235. The first-order valence-electron chi connectivity index (χ1n) is 7.34. The highest BCUT2D eigenvalue weighted by atomic mass is 79.9. The molecule has 0 aliphatic rings. The lowest BCUT2D eigenvalue weighted by Gasteiger charge is -2.08. The van der Waals surface area contributed by atoms with Crippen LogP contribution in [-0.4, -0.2) is 31.3 Å². The number of aryl methyl sites for hydroxylation is 2. The molecule has 0 atom stereocenters. The van der Waals surface area contributed by atoms with Gasteiger partial charge in [-0.25, -0.2) is 13.1 Å². The predicted octanol–water partition coefficient (Wildman–Crippen LogP) is 2.72. The Kier molecular flexibility index (Phi) is 6.20. The molecule has 2 rings (SSSR count). The second-order valence-electron chi connectivity index (χ2n) is 4.98. The highest BCUT2D eigenvalue weighted by Gasteiger charge is 2.13. The third-order valence-corrected chi connectivity index (χ3v) is 5.44. The van der Waals surface area contributed by atoms with Gasteiger partial charge in [0.1, 0.15) is 5.75 Å². The Labute approximate surface area is 145 Å². The average Bonchev–Trinajstić information content (AvgIpc) is 2.83. The normalized spacial score (nSPS) is 11.6. The summed E-state index contributed by atoms with van der Waals surface area (Å²) < 4.78 is 35.0. The van der Waals surface area contributed by atoms with Crippen molar-refractivity contribution in [1.82, 2.24) is 14.5 Å². The van der Waals surface area contributed by atoms with Crippen molar-refractivity contribution < 1.29 is 13.2 Å². The number of sulfonamides is 1. The fourth-order valence-corrected chi connectivity index (χ4v) is 3.41. The van der Waals surface area contributed by atoms with E-state index in [1.807, 2.05) is 20.0 Å². The highest BCUT2D eigenvalue weighted by Crippen LogP contribution is 2.16. The molecule has 8 heteroatoms. The Bertz CT molecular complexity index is 722. The number of benzene rings is 1. The highest BCUT2D eigenvalue weighted by molar-refractivity contribution is 9.10. The lowest BCUT2D eigenvalue weighted by atomic mass is 10.3. The van der Waals surface area contributed by atoms with Crippen molar-refractivity contribution >= 4 is 26.0 Å². The smallest absolute Gasteiger partial charge is 0.240 e. The quantitative estimate of drug-likeness (QED) is 0.690. The van der Waals surface area contributed by atoms with E-state index in [0.29, 0.717) is 31.9 Å². The van der Waals surface area contributed by atoms with E-state index in [0.717, 1.165) is 10.2 Å². The lowest BCUT2D eigenvalue weighted by Crippen LogP contribution is -2.25. The molecule has 126 valence electrons. The first kappa shape index (κ1) is 18.0. The summed E-state index contributed by atoms with van der Waals surface area (Å²) in [5.74, 6) is 0.658. The molecule has 1 heterocycles. The molecule has 0 spiro atoms. The van der Waals surface area contributed by atoms with E-state index in [-0.39, 0.29) is 4.90 Å². The van der Waals surface area contributed by atoms with Crippen molar-refractivity contribution in [3.63, 3.8) is 0 Å². The molecule has 0 bridgehead atoms. The molecular weight excluding hydrogens is 382 g/mol. The molecule has 23 heavy (non-hydrogen) atoms. The lowest BCUT2D eigenvalue weighted by molar-refractivity contribution is 0.340. The third-order valence-electron chi connectivity index (χ3n) is 3.19. The maximum absolute atomic E-state index is 12.2. The number of rotatable bonds is 8. The molecular formula is C15H20BrN3O3S. The summed E-state index contributed by atoms with van der Waals surface area (Å²) in [6, 6.07) is 6.40. The van der Waals surface area contributed by atoms with Crippen LogP contribution in [0.2, 0.25) is 0 Å². The summed E-state index contributed by atoms with van der Waals surface area (Å²) in [5.41, 5.74) is 0.917. The molecule has 0 unspecified atom stereocenters. The number of nitrogens with zero attached hydrogens (tertiary/aromatic N) is 2. The van der Waals surface area contributed by atoms with Crippen LogP contribution < -0.4 is 9.46 Å². The number of ether oxygens (including phenoxy) is 1. The Morgan fingerprint density at radius 1 is 1.30 bits per heavy atom. The van der Waals surface area contributed by atoms with Crippen LogP contribution in [0.25, 0.3) is 0 Å². The van der Waals surface area contributed by atoms with Crippen LogP contribution in [0, 0.1) is 6.92 Å². The molecule has 2 aromatic rings. The Morgan fingerprint density at radius 2 is 2.00 bits per heavy atom. The maximum Gasteiger partial charge on any atom is 0.240 e. The van der Waals surface area contributed by atoms with E-state index in [4.69, 9.17) is 4.74 Å². The second-order valence-corrected chi connectivity index (χ2v) is 7.60. The summed E-state index contributed by atoms with van der Waals surface area (Å²) in [5, 5.41) is 4.31. The second kappa shape index (κ2) is 7.94. The van der Waals surface area contributed by atoms with Crippen LogP contribution in [0.4, 0.5) is 0 Å². The van der Waals surface area contributed by atoms with Gasteiger partial charge in [-0.3, -0.25) is 4.68 Å². The van der Waals surface area contributed by atoms with Gasteiger partial charge in [-0.2, -0.15) is 5.10 Å². The van der Waals surface area contributed by atoms with Crippen LogP contribution in [-0.2, 0) is 16.6 Å². The van der Waals surface area contributed by atoms with Crippen LogP contribution in [0.3, 0.4) is 0 Å². The average molecular weight is 402 g/mol. The molecule has 0 saturated heterocycles. The van der Waals surface area contributed by atoms with Crippen LogP contribution >= 0.6 is 15.9 Å². The molecule has 1 aromatic heterocycles. The zero-order chi connectivity index (χ0) is 16.9. The van der Waals surface area contributed by atoms with Crippen molar-refractivity contribution in [2.24, 2.45) is 0 Å². The standard InChI is InChI=1S/C15H20BrN3O3S/c1-3-22-13-5-7-14(8-6-13)23(20,21)17-9-4-10-19-11-15(16)12(2)18-19/h5-8,11,17H,3-4,9-10H2,1-2H3. The molecule has 0 saturated carbocycles. The van der Waals surface area contributed by atoms with Crippen LogP contribution in [0.5, 0.6) is 5.75 Å². The molecule has 0 fully saturated rings. The molecule has 0 radical (unpaired) electrons. The van der Waals surface area contributed by atoms with E-state index in [2.05, 4.69) is 25.8 Å². The van der Waals surface area contributed by atoms with Gasteiger partial charge in [0.05, 0.1) is 21.7 Å². The Balaban J connectivity index is 1.86. The zero-order valence-corrected chi connectivity index (χ0v) is 15.5. The molecule has 1 N–H and O–H groups in total. The summed E-state index contributed by atoms with van der Waals surface area (Å²) in [7, 11) is -3.49. The summed E-state index contributed by atoms with van der Waals surface area (Å²) in [6.07, 6.45) is 2.54. The summed E-state index contributed by atoms with van der Waals surface area (Å²) in [6.45, 7) is 5.35. The topological polar surface area (TPSA) is 73.2 Å². The van der Waals surface area contributed by atoms with Crippen LogP contribution in [0.1, 0.15) is 19.0 Å². The van der Waals surface area contributed by atoms with Gasteiger partial charge in [0.2, 0.25) is 10.0 Å². The van der Waals surface area contributed by atoms with Crippen molar-refractivity contribution in [3.05, 3.63) is 40.6 Å². The fourth-order valence-electron chi connectivity index (χ4n) is 2.02. The minimum absolute atomic E-state index is 0.235. The molecule has 1 aromatic carbocycles. The van der Waals surface area contributed by atoms with Crippen molar-refractivity contribution in [2.45, 2.75) is 31.7 Å². The minimum atomic E-state index is -3.49. The van der Waals surface area contributed by atoms with Gasteiger partial charge in [0, 0.05) is 19.3 Å². The Hall–Kier alpha value is -1.38. The fraction of sp³-hybridized carbons (Fsp3) is 0.400. The van der Waals surface area contributed by atoms with Gasteiger partial charge in [0.25, 0.3) is 0 Å². The first-order valence-corrected chi connectivity index (χ1v) is 9.62. The van der Waals surface area contributed by atoms with Gasteiger partial charge in [-0.05, 0) is 60.5 Å². The van der Waals surface area contributed by atoms with Crippen molar-refractivity contribution in [1.29, 1.82) is 0 Å². The van der Waals surface area contributed by atoms with E-state index in [9.17, 15) is 8.42 Å². The van der Waals surface area contributed by atoms with E-state index in [1.54, 1.807) is 28.9 Å². The maximum atomic E-state index is 12.2. The Morgan fingerprint density at radius 3 is 2.57 bits per heavy atom. The monoisotopic (exact) mass is 401 g/mol. The molecule has 0 aliphatic heterocycles. The number of hydrogen-bond donors (Lipinski definition) is 1. The van der Waals surface area contributed by atoms with E-state index < -0.39 is 10.0 Å². The van der Waals surface area contributed by atoms with E-state index >= 15 is 0 Å². The number of halogens is 1. The van der Waals surface area contributed by atoms with Gasteiger partial charge < -0.3 is 4.74 Å². The molecule has 6 nitrogen and oxygen atoms in total. The first-order chi connectivity index (χ1) is 10.9. The summed E-state index contributed by atoms with van der Waals surface area (Å²) >= 11 is 3.40. The van der Waals surface area contributed by atoms with Crippen molar-refractivity contribution in [2.75, 3.05) is 13.2 Å².